The number of benzene rings is 2. The SMILES string of the molecule is NC(=O)c1csc(NC(=O)c2cc(Cl)c(C(F)(F)F)cc2C2CCOc3cc(F)ccc32)c1. The van der Waals surface area contributed by atoms with Gasteiger partial charge < -0.3 is 15.8 Å². The van der Waals surface area contributed by atoms with Gasteiger partial charge >= 0.3 is 6.18 Å². The van der Waals surface area contributed by atoms with Gasteiger partial charge in [0.05, 0.1) is 27.8 Å². The molecule has 3 aromatic rings. The minimum Gasteiger partial charge on any atom is -0.493 e. The zero-order valence-electron chi connectivity index (χ0n) is 16.6. The number of thiophene rings is 1. The van der Waals surface area contributed by atoms with Crippen LogP contribution in [0.4, 0.5) is 22.6 Å². The summed E-state index contributed by atoms with van der Waals surface area (Å²) in [5, 5.41) is 3.67. The molecule has 1 atom stereocenters. The minimum absolute atomic E-state index is 0.0760. The molecule has 4 rings (SSSR count). The molecular weight excluding hydrogens is 484 g/mol. The first-order chi connectivity index (χ1) is 15.5. The van der Waals surface area contributed by atoms with Gasteiger partial charge in [0, 0.05) is 28.5 Å². The van der Waals surface area contributed by atoms with Crippen molar-refractivity contribution in [3.05, 3.63) is 80.4 Å². The molecule has 1 aliphatic heterocycles. The standard InChI is InChI=1S/C22H15ClF4N2O3S/c23-17-8-15(21(31)29-19-5-10(9-33-19)20(28)30)14(7-16(17)22(25,26)27)12-3-4-32-18-6-11(24)1-2-13(12)18/h1-2,5-9,12H,3-4H2,(H2,28,30)(H,29,31). The second-order valence-corrected chi connectivity index (χ2v) is 8.63. The summed E-state index contributed by atoms with van der Waals surface area (Å²) < 4.78 is 59.9. The molecule has 0 saturated carbocycles. The summed E-state index contributed by atoms with van der Waals surface area (Å²) in [6, 6.07) is 6.94. The monoisotopic (exact) mass is 498 g/mol. The molecule has 5 nitrogen and oxygen atoms in total. The number of rotatable bonds is 4. The van der Waals surface area contributed by atoms with Gasteiger partial charge in [-0.2, -0.15) is 13.2 Å². The van der Waals surface area contributed by atoms with Crippen LogP contribution in [0.3, 0.4) is 0 Å². The van der Waals surface area contributed by atoms with Crippen molar-refractivity contribution in [1.29, 1.82) is 0 Å². The van der Waals surface area contributed by atoms with E-state index in [4.69, 9.17) is 22.1 Å². The Morgan fingerprint density at radius 1 is 1.15 bits per heavy atom. The van der Waals surface area contributed by atoms with E-state index in [1.165, 1.54) is 23.6 Å². The van der Waals surface area contributed by atoms with Crippen molar-refractivity contribution < 1.29 is 31.9 Å². The van der Waals surface area contributed by atoms with Gasteiger partial charge in [-0.25, -0.2) is 4.39 Å². The lowest BCUT2D eigenvalue weighted by atomic mass is 9.83. The van der Waals surface area contributed by atoms with Gasteiger partial charge in [-0.05, 0) is 36.2 Å². The van der Waals surface area contributed by atoms with Gasteiger partial charge in [-0.15, -0.1) is 11.3 Å². The van der Waals surface area contributed by atoms with E-state index in [9.17, 15) is 27.2 Å². The molecule has 0 saturated heterocycles. The molecule has 1 unspecified atom stereocenters. The number of alkyl halides is 3. The number of carbonyl (C=O) groups excluding carboxylic acids is 2. The summed E-state index contributed by atoms with van der Waals surface area (Å²) in [5.74, 6) is -2.42. The number of halogens is 5. The quantitative estimate of drug-likeness (QED) is 0.444. The molecular formula is C22H15ClF4N2O3S. The van der Waals surface area contributed by atoms with Gasteiger partial charge in [0.25, 0.3) is 5.91 Å². The number of nitrogens with one attached hydrogen (secondary N) is 1. The largest absolute Gasteiger partial charge is 0.493 e. The van der Waals surface area contributed by atoms with E-state index in [2.05, 4.69) is 5.32 Å². The number of primary amides is 1. The Labute approximate surface area is 194 Å². The highest BCUT2D eigenvalue weighted by molar-refractivity contribution is 7.14. The predicted molar refractivity (Wildman–Crippen MR) is 116 cm³/mol. The van der Waals surface area contributed by atoms with Crippen molar-refractivity contribution in [3.8, 4) is 5.75 Å². The van der Waals surface area contributed by atoms with Crippen molar-refractivity contribution in [2.45, 2.75) is 18.5 Å². The molecule has 2 heterocycles. The topological polar surface area (TPSA) is 81.4 Å². The molecule has 0 radical (unpaired) electrons. The van der Waals surface area contributed by atoms with Crippen molar-refractivity contribution >= 4 is 39.8 Å². The second-order valence-electron chi connectivity index (χ2n) is 7.31. The summed E-state index contributed by atoms with van der Waals surface area (Å²) in [6.07, 6.45) is -4.48. The number of anilines is 1. The van der Waals surface area contributed by atoms with E-state index in [1.807, 2.05) is 0 Å². The van der Waals surface area contributed by atoms with Crippen molar-refractivity contribution in [2.24, 2.45) is 5.73 Å². The van der Waals surface area contributed by atoms with Crippen LogP contribution in [-0.4, -0.2) is 18.4 Å². The molecule has 0 spiro atoms. The minimum atomic E-state index is -4.75. The maximum Gasteiger partial charge on any atom is 0.417 e. The molecule has 0 fully saturated rings. The molecule has 1 aromatic heterocycles. The highest BCUT2D eigenvalue weighted by Crippen LogP contribution is 2.44. The number of ether oxygens (including phenoxy) is 1. The van der Waals surface area contributed by atoms with Gasteiger partial charge in [-0.1, -0.05) is 17.7 Å². The van der Waals surface area contributed by atoms with Crippen LogP contribution in [-0.2, 0) is 6.18 Å². The number of carbonyl (C=O) groups is 2. The maximum absolute atomic E-state index is 13.7. The first kappa shape index (κ1) is 23.1. The molecule has 2 aromatic carbocycles. The lowest BCUT2D eigenvalue weighted by Crippen LogP contribution is -2.21. The smallest absolute Gasteiger partial charge is 0.417 e. The number of hydrogen-bond acceptors (Lipinski definition) is 4. The first-order valence-corrected chi connectivity index (χ1v) is 10.8. The van der Waals surface area contributed by atoms with E-state index in [-0.39, 0.29) is 40.5 Å². The molecule has 11 heteroatoms. The maximum atomic E-state index is 13.7. The summed E-state index contributed by atoms with van der Waals surface area (Å²) in [7, 11) is 0. The van der Waals surface area contributed by atoms with Crippen LogP contribution < -0.4 is 15.8 Å². The summed E-state index contributed by atoms with van der Waals surface area (Å²) in [4.78, 5) is 24.4. The summed E-state index contributed by atoms with van der Waals surface area (Å²) >= 11 is 6.94. The van der Waals surface area contributed by atoms with Crippen molar-refractivity contribution in [2.75, 3.05) is 11.9 Å². The highest BCUT2D eigenvalue weighted by atomic mass is 35.5. The fourth-order valence-electron chi connectivity index (χ4n) is 3.69. The molecule has 172 valence electrons. The van der Waals surface area contributed by atoms with Gasteiger partial charge in [0.1, 0.15) is 11.6 Å². The van der Waals surface area contributed by atoms with Gasteiger partial charge in [0.15, 0.2) is 0 Å². The normalized spacial score (nSPS) is 15.5. The van der Waals surface area contributed by atoms with E-state index in [1.54, 1.807) is 0 Å². The third-order valence-corrected chi connectivity index (χ3v) is 6.36. The predicted octanol–water partition coefficient (Wildman–Crippen LogP) is 5.83. The fourth-order valence-corrected chi connectivity index (χ4v) is 4.74. The molecule has 0 bridgehead atoms. The van der Waals surface area contributed by atoms with Gasteiger partial charge in [-0.3, -0.25) is 9.59 Å². The number of nitrogens with two attached hydrogens (primary N) is 1. The Morgan fingerprint density at radius 3 is 2.58 bits per heavy atom. The number of amides is 2. The summed E-state index contributed by atoms with van der Waals surface area (Å²) in [5.41, 5.74) is 4.77. The van der Waals surface area contributed by atoms with E-state index < -0.39 is 40.3 Å². The Balaban J connectivity index is 1.81. The lowest BCUT2D eigenvalue weighted by molar-refractivity contribution is -0.137. The Kier molecular flexibility index (Phi) is 6.06. The fraction of sp³-hybridized carbons (Fsp3) is 0.182. The lowest BCUT2D eigenvalue weighted by Gasteiger charge is -2.28. The van der Waals surface area contributed by atoms with Crippen LogP contribution in [0.5, 0.6) is 5.75 Å². The second kappa shape index (κ2) is 8.68. The van der Waals surface area contributed by atoms with Crippen LogP contribution in [0.15, 0.2) is 41.8 Å². The molecule has 3 N–H and O–H groups in total. The molecule has 33 heavy (non-hydrogen) atoms. The molecule has 0 aliphatic carbocycles. The van der Waals surface area contributed by atoms with Crippen LogP contribution in [0.2, 0.25) is 5.02 Å². The van der Waals surface area contributed by atoms with Crippen LogP contribution in [0.1, 0.15) is 49.7 Å². The van der Waals surface area contributed by atoms with Crippen molar-refractivity contribution in [3.63, 3.8) is 0 Å². The summed E-state index contributed by atoms with van der Waals surface area (Å²) in [6.45, 7) is 0.124. The third-order valence-electron chi connectivity index (χ3n) is 5.20. The average molecular weight is 499 g/mol. The average Bonchev–Trinajstić information content (AvgIpc) is 3.21. The molecule has 2 amide bonds. The molecule has 1 aliphatic rings. The number of fused-ring (bicyclic) bond motifs is 1. The Hall–Kier alpha value is -3.11. The van der Waals surface area contributed by atoms with Gasteiger partial charge in [0.2, 0.25) is 5.91 Å². The van der Waals surface area contributed by atoms with Crippen LogP contribution in [0.25, 0.3) is 0 Å². The third kappa shape index (κ3) is 4.67. The zero-order valence-corrected chi connectivity index (χ0v) is 18.2. The number of hydrogen-bond donors (Lipinski definition) is 2. The Morgan fingerprint density at radius 2 is 1.91 bits per heavy atom. The zero-order chi connectivity index (χ0) is 23.9. The highest BCUT2D eigenvalue weighted by Gasteiger charge is 2.37. The van der Waals surface area contributed by atoms with E-state index in [0.717, 1.165) is 29.5 Å². The first-order valence-electron chi connectivity index (χ1n) is 9.57. The van der Waals surface area contributed by atoms with E-state index >= 15 is 0 Å². The van der Waals surface area contributed by atoms with Crippen LogP contribution >= 0.6 is 22.9 Å². The Bertz CT molecular complexity index is 1260. The van der Waals surface area contributed by atoms with E-state index in [0.29, 0.717) is 5.56 Å². The van der Waals surface area contributed by atoms with Crippen molar-refractivity contribution in [1.82, 2.24) is 0 Å². The van der Waals surface area contributed by atoms with Crippen LogP contribution in [0, 0.1) is 5.82 Å².